The maximum atomic E-state index is 11.0. The van der Waals surface area contributed by atoms with Gasteiger partial charge < -0.3 is 5.32 Å². The van der Waals surface area contributed by atoms with Gasteiger partial charge in [-0.15, -0.1) is 0 Å². The van der Waals surface area contributed by atoms with E-state index in [1.165, 1.54) is 25.7 Å². The molecule has 18 heavy (non-hydrogen) atoms. The molecule has 0 unspecified atom stereocenters. The summed E-state index contributed by atoms with van der Waals surface area (Å²) in [4.78, 5) is 10.6. The zero-order chi connectivity index (χ0) is 13.0. The normalized spacial score (nSPS) is 16.1. The molecule has 1 aliphatic carbocycles. The predicted molar refractivity (Wildman–Crippen MR) is 74.5 cm³/mol. The van der Waals surface area contributed by atoms with Gasteiger partial charge in [0.25, 0.3) is 5.69 Å². The summed E-state index contributed by atoms with van der Waals surface area (Å²) in [5, 5.41) is 14.3. The molecule has 5 heteroatoms. The molecule has 1 saturated carbocycles. The molecule has 0 radical (unpaired) electrons. The number of nitrogens with zero attached hydrogens (tertiary/aromatic N) is 1. The van der Waals surface area contributed by atoms with Crippen molar-refractivity contribution >= 4 is 21.6 Å². The van der Waals surface area contributed by atoms with Crippen molar-refractivity contribution in [3.8, 4) is 0 Å². The van der Waals surface area contributed by atoms with Crippen LogP contribution in [0.3, 0.4) is 0 Å². The summed E-state index contributed by atoms with van der Waals surface area (Å²) >= 11 is 3.26. The minimum absolute atomic E-state index is 0.184. The van der Waals surface area contributed by atoms with Gasteiger partial charge in [-0.05, 0) is 37.4 Å². The Labute approximate surface area is 115 Å². The monoisotopic (exact) mass is 312 g/mol. The van der Waals surface area contributed by atoms with Crippen LogP contribution < -0.4 is 5.32 Å². The number of nitro benzene ring substituents is 1. The lowest BCUT2D eigenvalue weighted by molar-refractivity contribution is -0.385. The fraction of sp³-hybridized carbons (Fsp3) is 0.538. The van der Waals surface area contributed by atoms with Crippen molar-refractivity contribution in [2.24, 2.45) is 5.92 Å². The van der Waals surface area contributed by atoms with Crippen molar-refractivity contribution in [3.63, 3.8) is 0 Å². The first-order valence-corrected chi connectivity index (χ1v) is 7.09. The molecular formula is C13H17BrN2O2. The molecule has 1 aromatic carbocycles. The third-order valence-electron chi connectivity index (χ3n) is 3.47. The maximum absolute atomic E-state index is 11.0. The summed E-state index contributed by atoms with van der Waals surface area (Å²) < 4.78 is 0.744. The summed E-state index contributed by atoms with van der Waals surface area (Å²) in [6.07, 6.45) is 5.22. The van der Waals surface area contributed by atoms with Crippen molar-refractivity contribution in [1.29, 1.82) is 0 Å². The topological polar surface area (TPSA) is 55.2 Å². The van der Waals surface area contributed by atoms with Gasteiger partial charge in [-0.3, -0.25) is 10.1 Å². The van der Waals surface area contributed by atoms with Gasteiger partial charge in [0, 0.05) is 22.6 Å². The van der Waals surface area contributed by atoms with E-state index in [1.54, 1.807) is 6.07 Å². The van der Waals surface area contributed by atoms with Gasteiger partial charge in [0.15, 0.2) is 0 Å². The van der Waals surface area contributed by atoms with Crippen LogP contribution in [0.4, 0.5) is 5.69 Å². The van der Waals surface area contributed by atoms with Crippen LogP contribution in [0.2, 0.25) is 0 Å². The molecule has 1 aliphatic rings. The first-order chi connectivity index (χ1) is 8.66. The van der Waals surface area contributed by atoms with Gasteiger partial charge in [0.05, 0.1) is 4.92 Å². The summed E-state index contributed by atoms with van der Waals surface area (Å²) in [7, 11) is 0. The lowest BCUT2D eigenvalue weighted by atomic mass is 10.1. The number of rotatable bonds is 5. The first kappa shape index (κ1) is 13.5. The molecule has 98 valence electrons. The second-order valence-electron chi connectivity index (χ2n) is 4.81. The molecular weight excluding hydrogens is 296 g/mol. The molecule has 0 bridgehead atoms. The van der Waals surface area contributed by atoms with Crippen molar-refractivity contribution in [2.45, 2.75) is 32.2 Å². The molecule has 1 aromatic rings. The number of nitrogens with one attached hydrogen (secondary N) is 1. The Morgan fingerprint density at radius 2 is 2.11 bits per heavy atom. The van der Waals surface area contributed by atoms with Gasteiger partial charge in [-0.1, -0.05) is 28.8 Å². The quantitative estimate of drug-likeness (QED) is 0.667. The van der Waals surface area contributed by atoms with E-state index in [2.05, 4.69) is 21.2 Å². The van der Waals surface area contributed by atoms with E-state index in [9.17, 15) is 10.1 Å². The molecule has 0 atom stereocenters. The molecule has 0 aromatic heterocycles. The van der Waals surface area contributed by atoms with E-state index >= 15 is 0 Å². The van der Waals surface area contributed by atoms with Crippen LogP contribution in [-0.4, -0.2) is 11.5 Å². The van der Waals surface area contributed by atoms with Crippen LogP contribution in [0.25, 0.3) is 0 Å². The van der Waals surface area contributed by atoms with E-state index in [0.29, 0.717) is 6.54 Å². The van der Waals surface area contributed by atoms with Crippen LogP contribution >= 0.6 is 15.9 Å². The number of hydrogen-bond acceptors (Lipinski definition) is 3. The summed E-state index contributed by atoms with van der Waals surface area (Å²) in [5.41, 5.74) is 0.935. The minimum atomic E-state index is -0.322. The van der Waals surface area contributed by atoms with Gasteiger partial charge in [0.2, 0.25) is 0 Å². The van der Waals surface area contributed by atoms with Crippen LogP contribution in [0.1, 0.15) is 31.2 Å². The van der Waals surface area contributed by atoms with Crippen LogP contribution in [0.15, 0.2) is 22.7 Å². The van der Waals surface area contributed by atoms with Crippen molar-refractivity contribution in [3.05, 3.63) is 38.3 Å². The van der Waals surface area contributed by atoms with Gasteiger partial charge in [-0.25, -0.2) is 0 Å². The van der Waals surface area contributed by atoms with Crippen molar-refractivity contribution in [1.82, 2.24) is 5.32 Å². The average Bonchev–Trinajstić information content (AvgIpc) is 2.84. The van der Waals surface area contributed by atoms with Crippen molar-refractivity contribution < 1.29 is 4.92 Å². The second-order valence-corrected chi connectivity index (χ2v) is 5.73. The van der Waals surface area contributed by atoms with E-state index in [0.717, 1.165) is 22.5 Å². The Kier molecular flexibility index (Phi) is 4.72. The van der Waals surface area contributed by atoms with Gasteiger partial charge in [-0.2, -0.15) is 0 Å². The van der Waals surface area contributed by atoms with Crippen LogP contribution in [-0.2, 0) is 6.54 Å². The molecule has 2 rings (SSSR count). The van der Waals surface area contributed by atoms with E-state index in [-0.39, 0.29) is 10.6 Å². The minimum Gasteiger partial charge on any atom is -0.312 e. The highest BCUT2D eigenvalue weighted by Gasteiger charge is 2.16. The SMILES string of the molecule is O=[N+]([O-])c1cc(Br)ccc1CNCC1CCCC1. The number of hydrogen-bond donors (Lipinski definition) is 1. The average molecular weight is 313 g/mol. The third-order valence-corrected chi connectivity index (χ3v) is 3.96. The molecule has 0 saturated heterocycles. The summed E-state index contributed by atoms with van der Waals surface area (Å²) in [6.45, 7) is 1.54. The molecule has 4 nitrogen and oxygen atoms in total. The zero-order valence-electron chi connectivity index (χ0n) is 10.2. The number of benzene rings is 1. The Hall–Kier alpha value is -0.940. The fourth-order valence-corrected chi connectivity index (χ4v) is 2.83. The van der Waals surface area contributed by atoms with E-state index in [1.807, 2.05) is 12.1 Å². The molecule has 1 N–H and O–H groups in total. The molecule has 1 fully saturated rings. The third kappa shape index (κ3) is 3.53. The molecule has 0 spiro atoms. The Bertz CT molecular complexity index is 431. The largest absolute Gasteiger partial charge is 0.312 e. The molecule has 0 aliphatic heterocycles. The zero-order valence-corrected chi connectivity index (χ0v) is 11.8. The molecule has 0 amide bonds. The van der Waals surface area contributed by atoms with Gasteiger partial charge in [0.1, 0.15) is 0 Å². The van der Waals surface area contributed by atoms with Gasteiger partial charge >= 0.3 is 0 Å². The number of nitro groups is 1. The van der Waals surface area contributed by atoms with Crippen LogP contribution in [0, 0.1) is 16.0 Å². The predicted octanol–water partition coefficient (Wildman–Crippen LogP) is 3.64. The lowest BCUT2D eigenvalue weighted by Crippen LogP contribution is -2.21. The van der Waals surface area contributed by atoms with E-state index < -0.39 is 0 Å². The number of halogens is 1. The Morgan fingerprint density at radius 3 is 2.78 bits per heavy atom. The summed E-state index contributed by atoms with van der Waals surface area (Å²) in [5.74, 6) is 0.750. The second kappa shape index (κ2) is 6.29. The smallest absolute Gasteiger partial charge is 0.275 e. The summed E-state index contributed by atoms with van der Waals surface area (Å²) in [6, 6.07) is 5.22. The van der Waals surface area contributed by atoms with Crippen molar-refractivity contribution in [2.75, 3.05) is 6.54 Å². The standard InChI is InChI=1S/C13H17BrN2O2/c14-12-6-5-11(13(7-12)16(17)18)9-15-8-10-3-1-2-4-10/h5-7,10,15H,1-4,8-9H2. The molecule has 0 heterocycles. The fourth-order valence-electron chi connectivity index (χ4n) is 2.48. The van der Waals surface area contributed by atoms with Crippen LogP contribution in [0.5, 0.6) is 0 Å². The maximum Gasteiger partial charge on any atom is 0.275 e. The first-order valence-electron chi connectivity index (χ1n) is 6.30. The Balaban J connectivity index is 1.93. The highest BCUT2D eigenvalue weighted by molar-refractivity contribution is 9.10. The highest BCUT2D eigenvalue weighted by atomic mass is 79.9. The highest BCUT2D eigenvalue weighted by Crippen LogP contribution is 2.25. The Morgan fingerprint density at radius 1 is 1.39 bits per heavy atom. The lowest BCUT2D eigenvalue weighted by Gasteiger charge is -2.10. The van der Waals surface area contributed by atoms with E-state index in [4.69, 9.17) is 0 Å².